The van der Waals surface area contributed by atoms with E-state index in [9.17, 15) is 4.79 Å². The van der Waals surface area contributed by atoms with Crippen LogP contribution in [0.1, 0.15) is 9.80 Å². The summed E-state index contributed by atoms with van der Waals surface area (Å²) in [6.45, 7) is 0. The Hall–Kier alpha value is -0.0400. The number of hydrogen-bond acceptors (Lipinski definition) is 4. The number of nitrogens with zero attached hydrogens (tertiary/aromatic N) is 2. The van der Waals surface area contributed by atoms with Crippen LogP contribution in [0.2, 0.25) is 0 Å². The second-order valence-electron chi connectivity index (χ2n) is 1.01. The summed E-state index contributed by atoms with van der Waals surface area (Å²) in [6, 6.07) is 0. The van der Waals surface area contributed by atoms with Gasteiger partial charge in [-0.1, -0.05) is 11.3 Å². The Balaban J connectivity index is 3.00. The molecule has 1 aromatic rings. The summed E-state index contributed by atoms with van der Waals surface area (Å²) in [5.41, 5.74) is 0. The smallest absolute Gasteiger partial charge is 0.181 e. The molecule has 0 fully saturated rings. The molecule has 0 saturated carbocycles. The molecular formula is C3HIN2OS. The first-order chi connectivity index (χ1) is 3.83. The van der Waals surface area contributed by atoms with E-state index in [0.29, 0.717) is 11.3 Å². The number of aldehydes is 1. The van der Waals surface area contributed by atoms with Gasteiger partial charge in [-0.05, 0) is 22.6 Å². The van der Waals surface area contributed by atoms with Crippen molar-refractivity contribution < 1.29 is 4.79 Å². The van der Waals surface area contributed by atoms with Crippen LogP contribution in [0.25, 0.3) is 0 Å². The van der Waals surface area contributed by atoms with Gasteiger partial charge in [0.25, 0.3) is 0 Å². The summed E-state index contributed by atoms with van der Waals surface area (Å²) in [4.78, 5) is 9.92. The molecule has 1 heterocycles. The third-order valence-electron chi connectivity index (χ3n) is 0.517. The number of aromatic nitrogens is 2. The highest BCUT2D eigenvalue weighted by molar-refractivity contribution is 14.1. The average molecular weight is 240 g/mol. The summed E-state index contributed by atoms with van der Waals surface area (Å²) in [6.07, 6.45) is 0.694. The second kappa shape index (κ2) is 2.49. The topological polar surface area (TPSA) is 42.9 Å². The molecule has 0 radical (unpaired) electrons. The molecule has 8 heavy (non-hydrogen) atoms. The molecule has 0 bridgehead atoms. The molecule has 42 valence electrons. The van der Waals surface area contributed by atoms with Crippen LogP contribution in [0.3, 0.4) is 0 Å². The SMILES string of the molecule is O=Cc1nnc(I)s1. The fourth-order valence-electron chi connectivity index (χ4n) is 0.263. The lowest BCUT2D eigenvalue weighted by Crippen LogP contribution is -1.74. The zero-order valence-corrected chi connectivity index (χ0v) is 6.64. The van der Waals surface area contributed by atoms with Gasteiger partial charge in [-0.15, -0.1) is 10.2 Å². The van der Waals surface area contributed by atoms with Crippen molar-refractivity contribution in [3.8, 4) is 0 Å². The fraction of sp³-hybridized carbons (Fsp3) is 0. The van der Waals surface area contributed by atoms with Crippen molar-refractivity contribution in [3.05, 3.63) is 8.02 Å². The largest absolute Gasteiger partial charge is 0.295 e. The summed E-state index contributed by atoms with van der Waals surface area (Å²) in [5.74, 6) is 0. The first-order valence-electron chi connectivity index (χ1n) is 1.77. The minimum Gasteiger partial charge on any atom is -0.295 e. The van der Waals surface area contributed by atoms with Gasteiger partial charge in [0, 0.05) is 0 Å². The highest BCUT2D eigenvalue weighted by Crippen LogP contribution is 2.08. The van der Waals surface area contributed by atoms with Gasteiger partial charge in [0.1, 0.15) is 0 Å². The third-order valence-corrected chi connectivity index (χ3v) is 2.03. The van der Waals surface area contributed by atoms with Crippen LogP contribution in [0.15, 0.2) is 0 Å². The summed E-state index contributed by atoms with van der Waals surface area (Å²) in [5, 5.41) is 7.58. The molecule has 0 unspecified atom stereocenters. The molecule has 5 heteroatoms. The van der Waals surface area contributed by atoms with E-state index in [-0.39, 0.29) is 0 Å². The van der Waals surface area contributed by atoms with Crippen LogP contribution in [0.5, 0.6) is 0 Å². The summed E-state index contributed by atoms with van der Waals surface area (Å²) in [7, 11) is 0. The van der Waals surface area contributed by atoms with Crippen molar-refractivity contribution in [2.24, 2.45) is 0 Å². The van der Waals surface area contributed by atoms with E-state index in [2.05, 4.69) is 10.2 Å². The Bertz CT molecular complexity index is 199. The lowest BCUT2D eigenvalue weighted by Gasteiger charge is -1.63. The van der Waals surface area contributed by atoms with Gasteiger partial charge in [-0.25, -0.2) is 0 Å². The predicted octanol–water partition coefficient (Wildman–Crippen LogP) is 0.955. The molecule has 3 nitrogen and oxygen atoms in total. The Morgan fingerprint density at radius 3 is 2.62 bits per heavy atom. The van der Waals surface area contributed by atoms with Crippen molar-refractivity contribution in [2.45, 2.75) is 0 Å². The molecule has 1 aromatic heterocycles. The Kier molecular flexibility index (Phi) is 1.90. The van der Waals surface area contributed by atoms with E-state index in [0.717, 1.165) is 3.01 Å². The Labute approximate surface area is 63.3 Å². The monoisotopic (exact) mass is 240 g/mol. The van der Waals surface area contributed by atoms with Gasteiger partial charge >= 0.3 is 0 Å². The average Bonchev–Trinajstić information content (AvgIpc) is 2.14. The van der Waals surface area contributed by atoms with Crippen LogP contribution in [-0.4, -0.2) is 16.5 Å². The quantitative estimate of drug-likeness (QED) is 0.542. The molecular weight excluding hydrogens is 239 g/mol. The maximum absolute atomic E-state index is 9.92. The van der Waals surface area contributed by atoms with Crippen LogP contribution >= 0.6 is 33.9 Å². The minimum absolute atomic E-state index is 0.439. The molecule has 1 rings (SSSR count). The van der Waals surface area contributed by atoms with E-state index < -0.39 is 0 Å². The molecule has 0 amide bonds. The number of halogens is 1. The van der Waals surface area contributed by atoms with Gasteiger partial charge in [-0.2, -0.15) is 0 Å². The number of carbonyl (C=O) groups excluding carboxylic acids is 1. The van der Waals surface area contributed by atoms with E-state index in [1.807, 2.05) is 22.6 Å². The van der Waals surface area contributed by atoms with Gasteiger partial charge in [0.15, 0.2) is 14.3 Å². The normalized spacial score (nSPS) is 9.12. The van der Waals surface area contributed by atoms with Crippen molar-refractivity contribution in [1.29, 1.82) is 0 Å². The first-order valence-corrected chi connectivity index (χ1v) is 3.66. The lowest BCUT2D eigenvalue weighted by molar-refractivity contribution is 0.112. The van der Waals surface area contributed by atoms with Crippen molar-refractivity contribution in [2.75, 3.05) is 0 Å². The zero-order chi connectivity index (χ0) is 5.98. The number of rotatable bonds is 1. The summed E-state index contributed by atoms with van der Waals surface area (Å²) < 4.78 is 0.796. The minimum atomic E-state index is 0.439. The zero-order valence-electron chi connectivity index (χ0n) is 3.67. The van der Waals surface area contributed by atoms with E-state index in [4.69, 9.17) is 0 Å². The number of carbonyl (C=O) groups is 1. The van der Waals surface area contributed by atoms with Crippen LogP contribution in [-0.2, 0) is 0 Å². The highest BCUT2D eigenvalue weighted by Gasteiger charge is 1.95. The maximum Gasteiger partial charge on any atom is 0.181 e. The van der Waals surface area contributed by atoms with Gasteiger partial charge in [0.2, 0.25) is 0 Å². The fourth-order valence-corrected chi connectivity index (χ4v) is 1.43. The molecule has 0 aromatic carbocycles. The van der Waals surface area contributed by atoms with Gasteiger partial charge < -0.3 is 0 Å². The number of hydrogen-bond donors (Lipinski definition) is 0. The second-order valence-corrected chi connectivity index (χ2v) is 3.77. The molecule has 0 saturated heterocycles. The Morgan fingerprint density at radius 2 is 2.38 bits per heavy atom. The van der Waals surface area contributed by atoms with Crippen LogP contribution in [0.4, 0.5) is 0 Å². The summed E-state index contributed by atoms with van der Waals surface area (Å²) >= 11 is 3.29. The Morgan fingerprint density at radius 1 is 1.62 bits per heavy atom. The first kappa shape index (κ1) is 6.09. The highest BCUT2D eigenvalue weighted by atomic mass is 127. The standard InChI is InChI=1S/C3HIN2OS/c4-3-6-5-2(1-7)8-3/h1H. The van der Waals surface area contributed by atoms with E-state index >= 15 is 0 Å². The van der Waals surface area contributed by atoms with E-state index in [1.54, 1.807) is 0 Å². The maximum atomic E-state index is 9.92. The lowest BCUT2D eigenvalue weighted by atomic mass is 10.8. The van der Waals surface area contributed by atoms with Gasteiger partial charge in [0.05, 0.1) is 0 Å². The molecule has 0 spiro atoms. The predicted molar refractivity (Wildman–Crippen MR) is 38.0 cm³/mol. The van der Waals surface area contributed by atoms with Crippen molar-refractivity contribution in [1.82, 2.24) is 10.2 Å². The molecule has 0 aliphatic heterocycles. The third kappa shape index (κ3) is 1.22. The van der Waals surface area contributed by atoms with Crippen LogP contribution in [0, 0.1) is 3.01 Å². The van der Waals surface area contributed by atoms with Crippen molar-refractivity contribution >= 4 is 40.2 Å². The van der Waals surface area contributed by atoms with Crippen molar-refractivity contribution in [3.63, 3.8) is 0 Å². The molecule has 0 aliphatic rings. The molecule has 0 N–H and O–H groups in total. The van der Waals surface area contributed by atoms with Crippen LogP contribution < -0.4 is 0 Å². The van der Waals surface area contributed by atoms with Gasteiger partial charge in [-0.3, -0.25) is 4.79 Å². The molecule has 0 atom stereocenters. The molecule has 0 aliphatic carbocycles. The van der Waals surface area contributed by atoms with E-state index in [1.165, 1.54) is 11.3 Å².